The van der Waals surface area contributed by atoms with E-state index < -0.39 is 10.0 Å². The molecule has 0 aromatic heterocycles. The zero-order valence-corrected chi connectivity index (χ0v) is 13.1. The van der Waals surface area contributed by atoms with Crippen molar-refractivity contribution in [2.24, 2.45) is 0 Å². The Morgan fingerprint density at radius 3 is 2.38 bits per heavy atom. The molecule has 21 heavy (non-hydrogen) atoms. The number of hydrogen-bond acceptors (Lipinski definition) is 3. The molecular formula is C15H16ClNO3S. The zero-order chi connectivity index (χ0) is 15.5. The molecule has 0 bridgehead atoms. The number of rotatable bonds is 5. The summed E-state index contributed by atoms with van der Waals surface area (Å²) in [7, 11) is -3.69. The molecule has 6 heteroatoms. The third-order valence-electron chi connectivity index (χ3n) is 3.11. The van der Waals surface area contributed by atoms with Gasteiger partial charge < -0.3 is 5.11 Å². The molecule has 1 N–H and O–H groups in total. The van der Waals surface area contributed by atoms with Crippen molar-refractivity contribution in [3.63, 3.8) is 0 Å². The Balaban J connectivity index is 2.50. The van der Waals surface area contributed by atoms with Gasteiger partial charge >= 0.3 is 0 Å². The van der Waals surface area contributed by atoms with E-state index in [0.717, 1.165) is 0 Å². The van der Waals surface area contributed by atoms with Gasteiger partial charge in [0, 0.05) is 11.6 Å². The van der Waals surface area contributed by atoms with Crippen molar-refractivity contribution < 1.29 is 13.5 Å². The second-order valence-electron chi connectivity index (χ2n) is 4.42. The van der Waals surface area contributed by atoms with Gasteiger partial charge in [0.15, 0.2) is 0 Å². The molecule has 112 valence electrons. The molecule has 0 amide bonds. The summed E-state index contributed by atoms with van der Waals surface area (Å²) < 4.78 is 26.8. The van der Waals surface area contributed by atoms with Crippen LogP contribution in [0.3, 0.4) is 0 Å². The predicted molar refractivity (Wildman–Crippen MR) is 84.0 cm³/mol. The van der Waals surface area contributed by atoms with E-state index in [4.69, 9.17) is 11.6 Å². The fraction of sp³-hybridized carbons (Fsp3) is 0.200. The smallest absolute Gasteiger partial charge is 0.264 e. The fourth-order valence-electron chi connectivity index (χ4n) is 2.05. The summed E-state index contributed by atoms with van der Waals surface area (Å²) in [5, 5.41) is 9.58. The van der Waals surface area contributed by atoms with Crippen LogP contribution >= 0.6 is 11.6 Å². The Labute approximate surface area is 129 Å². The minimum absolute atomic E-state index is 0.113. The Kier molecular flexibility index (Phi) is 4.88. The van der Waals surface area contributed by atoms with Gasteiger partial charge in [0.25, 0.3) is 10.0 Å². The third kappa shape index (κ3) is 3.20. The molecule has 0 radical (unpaired) electrons. The largest absolute Gasteiger partial charge is 0.392 e. The summed E-state index contributed by atoms with van der Waals surface area (Å²) >= 11 is 5.91. The molecular weight excluding hydrogens is 310 g/mol. The van der Waals surface area contributed by atoms with Crippen LogP contribution in [0.4, 0.5) is 5.69 Å². The molecule has 2 aromatic rings. The first-order valence-electron chi connectivity index (χ1n) is 6.47. The van der Waals surface area contributed by atoms with Crippen molar-refractivity contribution in [3.8, 4) is 0 Å². The van der Waals surface area contributed by atoms with Gasteiger partial charge in [-0.3, -0.25) is 4.31 Å². The second-order valence-corrected chi connectivity index (χ2v) is 6.69. The van der Waals surface area contributed by atoms with Crippen molar-refractivity contribution in [3.05, 3.63) is 59.1 Å². The monoisotopic (exact) mass is 325 g/mol. The van der Waals surface area contributed by atoms with E-state index in [2.05, 4.69) is 0 Å². The average molecular weight is 326 g/mol. The SMILES string of the molecule is CCN(c1ccccc1)S(=O)(=O)c1ccc(Cl)c(CO)c1. The van der Waals surface area contributed by atoms with Crippen LogP contribution in [0.1, 0.15) is 12.5 Å². The van der Waals surface area contributed by atoms with Crippen molar-refractivity contribution in [1.82, 2.24) is 0 Å². The summed E-state index contributed by atoms with van der Waals surface area (Å²) in [5.74, 6) is 0. The number of benzene rings is 2. The van der Waals surface area contributed by atoms with Crippen molar-refractivity contribution in [2.75, 3.05) is 10.8 Å². The van der Waals surface area contributed by atoms with Gasteiger partial charge in [0.1, 0.15) is 0 Å². The number of anilines is 1. The highest BCUT2D eigenvalue weighted by atomic mass is 35.5. The highest BCUT2D eigenvalue weighted by Gasteiger charge is 2.24. The second kappa shape index (κ2) is 6.47. The minimum Gasteiger partial charge on any atom is -0.392 e. The molecule has 0 unspecified atom stereocenters. The van der Waals surface area contributed by atoms with E-state index in [9.17, 15) is 13.5 Å². The van der Waals surface area contributed by atoms with Gasteiger partial charge in [-0.15, -0.1) is 0 Å². The molecule has 4 nitrogen and oxygen atoms in total. The predicted octanol–water partition coefficient (Wildman–Crippen LogP) is 3.05. The maximum absolute atomic E-state index is 12.7. The lowest BCUT2D eigenvalue weighted by Crippen LogP contribution is -2.30. The highest BCUT2D eigenvalue weighted by Crippen LogP contribution is 2.26. The Morgan fingerprint density at radius 2 is 1.81 bits per heavy atom. The summed E-state index contributed by atoms with van der Waals surface area (Å²) in [6, 6.07) is 13.2. The maximum atomic E-state index is 12.7. The van der Waals surface area contributed by atoms with E-state index in [1.807, 2.05) is 6.07 Å². The van der Waals surface area contributed by atoms with Crippen LogP contribution in [-0.4, -0.2) is 20.1 Å². The summed E-state index contributed by atoms with van der Waals surface area (Å²) in [6.07, 6.45) is 0. The first kappa shape index (κ1) is 15.8. The number of aliphatic hydroxyl groups excluding tert-OH is 1. The first-order valence-corrected chi connectivity index (χ1v) is 8.29. The molecule has 2 aromatic carbocycles. The van der Waals surface area contributed by atoms with Crippen LogP contribution in [0.5, 0.6) is 0 Å². The van der Waals surface area contributed by atoms with Crippen LogP contribution in [0, 0.1) is 0 Å². The summed E-state index contributed by atoms with van der Waals surface area (Å²) in [5.41, 5.74) is 0.988. The quantitative estimate of drug-likeness (QED) is 0.919. The molecule has 0 aliphatic rings. The lowest BCUT2D eigenvalue weighted by Gasteiger charge is -2.23. The van der Waals surface area contributed by atoms with E-state index in [1.165, 1.54) is 22.5 Å². The number of sulfonamides is 1. The molecule has 0 atom stereocenters. The first-order chi connectivity index (χ1) is 10.0. The highest BCUT2D eigenvalue weighted by molar-refractivity contribution is 7.92. The van der Waals surface area contributed by atoms with E-state index in [-0.39, 0.29) is 11.5 Å². The molecule has 2 rings (SSSR count). The Hall–Kier alpha value is -1.56. The topological polar surface area (TPSA) is 57.6 Å². The fourth-order valence-corrected chi connectivity index (χ4v) is 3.75. The molecule has 0 spiro atoms. The van der Waals surface area contributed by atoms with Gasteiger partial charge in [-0.05, 0) is 42.8 Å². The lowest BCUT2D eigenvalue weighted by molar-refractivity contribution is 0.281. The molecule has 0 saturated carbocycles. The van der Waals surface area contributed by atoms with Crippen LogP contribution in [-0.2, 0) is 16.6 Å². The van der Waals surface area contributed by atoms with Crippen LogP contribution < -0.4 is 4.31 Å². The Morgan fingerprint density at radius 1 is 1.14 bits per heavy atom. The summed E-state index contributed by atoms with van der Waals surface area (Å²) in [6.45, 7) is 1.77. The van der Waals surface area contributed by atoms with Crippen LogP contribution in [0.2, 0.25) is 5.02 Å². The van der Waals surface area contributed by atoms with Crippen molar-refractivity contribution in [1.29, 1.82) is 0 Å². The lowest BCUT2D eigenvalue weighted by atomic mass is 10.2. The number of nitrogens with zero attached hydrogens (tertiary/aromatic N) is 1. The molecule has 0 aliphatic carbocycles. The van der Waals surface area contributed by atoms with Gasteiger partial charge in [0.05, 0.1) is 17.2 Å². The van der Waals surface area contributed by atoms with E-state index in [1.54, 1.807) is 31.2 Å². The number of aliphatic hydroxyl groups is 1. The minimum atomic E-state index is -3.69. The van der Waals surface area contributed by atoms with E-state index in [0.29, 0.717) is 22.8 Å². The Bertz CT molecular complexity index is 717. The molecule has 0 fully saturated rings. The maximum Gasteiger partial charge on any atom is 0.264 e. The van der Waals surface area contributed by atoms with Crippen molar-refractivity contribution in [2.45, 2.75) is 18.4 Å². The van der Waals surface area contributed by atoms with Crippen molar-refractivity contribution >= 4 is 27.3 Å². The molecule has 0 heterocycles. The third-order valence-corrected chi connectivity index (χ3v) is 5.37. The number of para-hydroxylation sites is 1. The number of halogens is 1. The van der Waals surface area contributed by atoms with Crippen LogP contribution in [0.15, 0.2) is 53.4 Å². The van der Waals surface area contributed by atoms with E-state index >= 15 is 0 Å². The normalized spacial score (nSPS) is 11.4. The average Bonchev–Trinajstić information content (AvgIpc) is 2.49. The standard InChI is InChI=1S/C15H16ClNO3S/c1-2-17(13-6-4-3-5-7-13)21(19,20)14-8-9-15(16)12(10-14)11-18/h3-10,18H,2,11H2,1H3. The zero-order valence-electron chi connectivity index (χ0n) is 11.5. The van der Waals surface area contributed by atoms with Gasteiger partial charge in [-0.25, -0.2) is 8.42 Å². The summed E-state index contributed by atoms with van der Waals surface area (Å²) in [4.78, 5) is 0.113. The number of hydrogen-bond donors (Lipinski definition) is 1. The molecule has 0 saturated heterocycles. The van der Waals surface area contributed by atoms with Gasteiger partial charge in [-0.2, -0.15) is 0 Å². The van der Waals surface area contributed by atoms with Gasteiger partial charge in [0.2, 0.25) is 0 Å². The van der Waals surface area contributed by atoms with Crippen LogP contribution in [0.25, 0.3) is 0 Å². The van der Waals surface area contributed by atoms with Gasteiger partial charge in [-0.1, -0.05) is 29.8 Å². The molecule has 0 aliphatic heterocycles.